The second-order valence-corrected chi connectivity index (χ2v) is 9.06. The first-order valence-electron chi connectivity index (χ1n) is 11.5. The Balaban J connectivity index is 1.33. The number of hydrogen-bond donors (Lipinski definition) is 1. The number of carbonyl (C=O) groups excluding carboxylic acids is 2. The van der Waals surface area contributed by atoms with E-state index in [2.05, 4.69) is 25.2 Å². The standard InChI is InChI=1S/C23H28N6O6/c1-23(2)34-13-15(35-23)12-33-18-8-4-7-17(25-18)26-22(31)29-14-6-5-9-28(11-14)16-10-24-19(21(30)32-3)27-20(16)29/h4,7-8,10,14-15H,5-6,9,11-13H2,1-3H3,(H,25,26,31)/t14?,15-/m0/s1. The average Bonchev–Trinajstić information content (AvgIpc) is 3.21. The molecule has 1 unspecified atom stereocenters. The molecule has 3 aliphatic rings. The predicted octanol–water partition coefficient (Wildman–Crippen LogP) is 2.21. The van der Waals surface area contributed by atoms with Gasteiger partial charge in [-0.3, -0.25) is 10.2 Å². The minimum Gasteiger partial charge on any atom is -0.475 e. The number of aromatic nitrogens is 3. The molecule has 2 aromatic heterocycles. The lowest BCUT2D eigenvalue weighted by Crippen LogP contribution is -2.56. The third-order valence-corrected chi connectivity index (χ3v) is 6.11. The van der Waals surface area contributed by atoms with Crippen LogP contribution >= 0.6 is 0 Å². The van der Waals surface area contributed by atoms with Crippen LogP contribution in [0.15, 0.2) is 24.4 Å². The molecule has 3 aliphatic heterocycles. The number of nitrogens with one attached hydrogen (secondary N) is 1. The number of ether oxygens (including phenoxy) is 4. The summed E-state index contributed by atoms with van der Waals surface area (Å²) in [5.41, 5.74) is 0.704. The number of piperidine rings is 1. The van der Waals surface area contributed by atoms with Crippen molar-refractivity contribution in [2.75, 3.05) is 48.5 Å². The number of amides is 2. The van der Waals surface area contributed by atoms with Gasteiger partial charge in [0.05, 0.1) is 31.6 Å². The zero-order valence-electron chi connectivity index (χ0n) is 19.9. The van der Waals surface area contributed by atoms with Gasteiger partial charge in [-0.25, -0.2) is 19.6 Å². The number of anilines is 3. The molecule has 2 fully saturated rings. The molecule has 1 N–H and O–H groups in total. The Bertz CT molecular complexity index is 1130. The highest BCUT2D eigenvalue weighted by atomic mass is 16.7. The largest absolute Gasteiger partial charge is 0.475 e. The number of methoxy groups -OCH3 is 1. The Morgan fingerprint density at radius 1 is 1.29 bits per heavy atom. The number of rotatable bonds is 5. The van der Waals surface area contributed by atoms with Crippen LogP contribution in [0, 0.1) is 0 Å². The molecule has 2 atom stereocenters. The van der Waals surface area contributed by atoms with Crippen LogP contribution in [0.1, 0.15) is 37.3 Å². The van der Waals surface area contributed by atoms with Gasteiger partial charge in [0.1, 0.15) is 18.5 Å². The molecule has 0 aliphatic carbocycles. The number of hydrogen-bond acceptors (Lipinski definition) is 10. The van der Waals surface area contributed by atoms with Crippen molar-refractivity contribution in [2.45, 2.75) is 44.6 Å². The number of urea groups is 1. The molecule has 12 nitrogen and oxygen atoms in total. The average molecular weight is 485 g/mol. The summed E-state index contributed by atoms with van der Waals surface area (Å²) in [6.07, 6.45) is 3.11. The van der Waals surface area contributed by atoms with E-state index in [0.717, 1.165) is 19.4 Å². The van der Waals surface area contributed by atoms with Crippen molar-refractivity contribution in [1.29, 1.82) is 0 Å². The quantitative estimate of drug-likeness (QED) is 0.631. The molecule has 0 spiro atoms. The van der Waals surface area contributed by atoms with Gasteiger partial charge < -0.3 is 23.8 Å². The van der Waals surface area contributed by atoms with Crippen molar-refractivity contribution in [3.8, 4) is 5.88 Å². The van der Waals surface area contributed by atoms with Gasteiger partial charge in [0.15, 0.2) is 11.6 Å². The zero-order valence-corrected chi connectivity index (χ0v) is 19.9. The van der Waals surface area contributed by atoms with E-state index in [9.17, 15) is 9.59 Å². The summed E-state index contributed by atoms with van der Waals surface area (Å²) in [7, 11) is 1.27. The van der Waals surface area contributed by atoms with Crippen molar-refractivity contribution < 1.29 is 28.5 Å². The molecule has 5 heterocycles. The van der Waals surface area contributed by atoms with Crippen LogP contribution in [-0.2, 0) is 14.2 Å². The van der Waals surface area contributed by atoms with Crippen molar-refractivity contribution in [2.24, 2.45) is 0 Å². The Labute approximate surface area is 202 Å². The van der Waals surface area contributed by atoms with Gasteiger partial charge in [-0.05, 0) is 32.8 Å². The number of esters is 1. The SMILES string of the molecule is COC(=O)c1ncc2c(n1)N(C(=O)Nc1cccc(OC[C@H]3COC(C)(C)O3)n1)C1CCCN2C1. The van der Waals surface area contributed by atoms with Gasteiger partial charge in [-0.15, -0.1) is 0 Å². The summed E-state index contributed by atoms with van der Waals surface area (Å²) in [5, 5.41) is 2.84. The van der Waals surface area contributed by atoms with Gasteiger partial charge in [0.2, 0.25) is 11.7 Å². The molecule has 0 radical (unpaired) electrons. The van der Waals surface area contributed by atoms with E-state index in [4.69, 9.17) is 18.9 Å². The maximum Gasteiger partial charge on any atom is 0.376 e. The van der Waals surface area contributed by atoms with E-state index in [1.54, 1.807) is 29.3 Å². The van der Waals surface area contributed by atoms with E-state index in [1.807, 2.05) is 13.8 Å². The molecule has 12 heteroatoms. The van der Waals surface area contributed by atoms with Gasteiger partial charge in [0, 0.05) is 19.2 Å². The van der Waals surface area contributed by atoms with Crippen LogP contribution in [0.4, 0.5) is 22.1 Å². The van der Waals surface area contributed by atoms with Crippen LogP contribution in [0.25, 0.3) is 0 Å². The lowest BCUT2D eigenvalue weighted by molar-refractivity contribution is -0.141. The van der Waals surface area contributed by atoms with E-state index in [1.165, 1.54) is 7.11 Å². The summed E-state index contributed by atoms with van der Waals surface area (Å²) in [4.78, 5) is 42.1. The fourth-order valence-electron chi connectivity index (χ4n) is 4.53. The molecule has 5 rings (SSSR count). The smallest absolute Gasteiger partial charge is 0.376 e. The minimum absolute atomic E-state index is 0.0972. The predicted molar refractivity (Wildman–Crippen MR) is 125 cm³/mol. The van der Waals surface area contributed by atoms with Gasteiger partial charge in [-0.2, -0.15) is 4.98 Å². The van der Waals surface area contributed by atoms with Gasteiger partial charge in [0.25, 0.3) is 0 Å². The minimum atomic E-state index is -0.662. The fraction of sp³-hybridized carbons (Fsp3) is 0.522. The summed E-state index contributed by atoms with van der Waals surface area (Å²) in [6, 6.07) is 4.64. The molecule has 2 bridgehead atoms. The number of pyridine rings is 1. The second-order valence-electron chi connectivity index (χ2n) is 9.06. The van der Waals surface area contributed by atoms with E-state index < -0.39 is 17.8 Å². The highest BCUT2D eigenvalue weighted by molar-refractivity contribution is 6.04. The van der Waals surface area contributed by atoms with Crippen molar-refractivity contribution in [3.05, 3.63) is 30.2 Å². The third kappa shape index (κ3) is 4.84. The molecule has 0 saturated carbocycles. The topological polar surface area (TPSA) is 128 Å². The summed E-state index contributed by atoms with van der Waals surface area (Å²) in [6.45, 7) is 5.92. The van der Waals surface area contributed by atoms with E-state index in [0.29, 0.717) is 36.4 Å². The van der Waals surface area contributed by atoms with Gasteiger partial charge in [-0.1, -0.05) is 6.07 Å². The number of fused-ring (bicyclic) bond motifs is 4. The lowest BCUT2D eigenvalue weighted by Gasteiger charge is -2.45. The molecule has 35 heavy (non-hydrogen) atoms. The van der Waals surface area contributed by atoms with Crippen LogP contribution in [0.2, 0.25) is 0 Å². The van der Waals surface area contributed by atoms with Crippen LogP contribution < -0.4 is 19.9 Å². The highest BCUT2D eigenvalue weighted by Gasteiger charge is 2.39. The van der Waals surface area contributed by atoms with E-state index in [-0.39, 0.29) is 24.6 Å². The Morgan fingerprint density at radius 3 is 2.91 bits per heavy atom. The highest BCUT2D eigenvalue weighted by Crippen LogP contribution is 2.37. The fourth-order valence-corrected chi connectivity index (χ4v) is 4.53. The molecule has 0 aromatic carbocycles. The van der Waals surface area contributed by atoms with Gasteiger partial charge >= 0.3 is 12.0 Å². The number of nitrogens with zero attached hydrogens (tertiary/aromatic N) is 5. The molecule has 2 saturated heterocycles. The zero-order chi connectivity index (χ0) is 24.6. The maximum atomic E-state index is 13.4. The van der Waals surface area contributed by atoms with Crippen LogP contribution in [0.5, 0.6) is 5.88 Å². The summed E-state index contributed by atoms with van der Waals surface area (Å²) in [5.74, 6) is -0.325. The molecule has 186 valence electrons. The Morgan fingerprint density at radius 2 is 2.14 bits per heavy atom. The number of carbonyl (C=O) groups is 2. The van der Waals surface area contributed by atoms with Crippen LogP contribution in [-0.4, -0.2) is 78.3 Å². The van der Waals surface area contributed by atoms with Crippen molar-refractivity contribution in [1.82, 2.24) is 15.0 Å². The first kappa shape index (κ1) is 23.2. The van der Waals surface area contributed by atoms with Crippen molar-refractivity contribution in [3.63, 3.8) is 0 Å². The first-order valence-corrected chi connectivity index (χ1v) is 11.5. The van der Waals surface area contributed by atoms with E-state index >= 15 is 0 Å². The normalized spacial score (nSPS) is 22.4. The monoisotopic (exact) mass is 484 g/mol. The molecule has 2 aromatic rings. The third-order valence-electron chi connectivity index (χ3n) is 6.11. The Kier molecular flexibility index (Phi) is 6.15. The molecular weight excluding hydrogens is 456 g/mol. The molecular formula is C23H28N6O6. The maximum absolute atomic E-state index is 13.4. The van der Waals surface area contributed by atoms with Crippen molar-refractivity contribution >= 4 is 29.3 Å². The molecule has 2 amide bonds. The second kappa shape index (κ2) is 9.27. The Hall–Kier alpha value is -3.51. The summed E-state index contributed by atoms with van der Waals surface area (Å²) < 4.78 is 21.8. The lowest BCUT2D eigenvalue weighted by atomic mass is 10.0. The van der Waals surface area contributed by atoms with Crippen LogP contribution in [0.3, 0.4) is 0 Å². The first-order chi connectivity index (χ1) is 16.8. The summed E-state index contributed by atoms with van der Waals surface area (Å²) >= 11 is 0.